The van der Waals surface area contributed by atoms with Crippen molar-refractivity contribution >= 4 is 11.0 Å². The predicted octanol–water partition coefficient (Wildman–Crippen LogP) is 1.12. The van der Waals surface area contributed by atoms with Crippen LogP contribution in [0.1, 0.15) is 0 Å². The minimum absolute atomic E-state index is 0.108. The van der Waals surface area contributed by atoms with Gasteiger partial charge in [-0.1, -0.05) is 0 Å². The van der Waals surface area contributed by atoms with Crippen LogP contribution in [0.15, 0.2) is 41.6 Å². The van der Waals surface area contributed by atoms with Gasteiger partial charge in [-0.2, -0.15) is 5.10 Å². The Morgan fingerprint density at radius 3 is 3.06 bits per heavy atom. The molecule has 0 atom stereocenters. The normalized spacial score (nSPS) is 10.7. The lowest BCUT2D eigenvalue weighted by Crippen LogP contribution is -2.01. The van der Waals surface area contributed by atoms with Gasteiger partial charge in [0.05, 0.1) is 24.5 Å². The highest BCUT2D eigenvalue weighted by molar-refractivity contribution is 5.73. The number of hydrogen-bond donors (Lipinski definition) is 1. The van der Waals surface area contributed by atoms with Gasteiger partial charge in [0, 0.05) is 24.5 Å². The second kappa shape index (κ2) is 3.99. The number of aromatic amines is 1. The standard InChI is InChI=1S/C12H10N4O2/c1-18-11-6-8(2-4-14-11)16-7-9-12(15-16)10(17)3-5-13-9/h2-7,13H,1H3. The maximum absolute atomic E-state index is 11.6. The molecule has 6 nitrogen and oxygen atoms in total. The molecule has 6 heteroatoms. The number of rotatable bonds is 2. The van der Waals surface area contributed by atoms with Gasteiger partial charge in [0.1, 0.15) is 0 Å². The summed E-state index contributed by atoms with van der Waals surface area (Å²) in [7, 11) is 1.55. The van der Waals surface area contributed by atoms with E-state index in [1.165, 1.54) is 6.07 Å². The van der Waals surface area contributed by atoms with E-state index >= 15 is 0 Å². The molecule has 3 rings (SSSR count). The summed E-state index contributed by atoms with van der Waals surface area (Å²) in [6.45, 7) is 0. The van der Waals surface area contributed by atoms with Gasteiger partial charge in [-0.25, -0.2) is 9.67 Å². The first kappa shape index (κ1) is 10.5. The van der Waals surface area contributed by atoms with E-state index in [-0.39, 0.29) is 5.43 Å². The van der Waals surface area contributed by atoms with Crippen LogP contribution in [0.2, 0.25) is 0 Å². The molecule has 1 N–H and O–H groups in total. The number of fused-ring (bicyclic) bond motifs is 1. The Morgan fingerprint density at radius 2 is 2.28 bits per heavy atom. The Labute approximate surface area is 102 Å². The van der Waals surface area contributed by atoms with Gasteiger partial charge in [0.25, 0.3) is 0 Å². The molecule has 0 unspecified atom stereocenters. The fourth-order valence-corrected chi connectivity index (χ4v) is 1.73. The second-order valence-corrected chi connectivity index (χ2v) is 3.73. The molecule has 0 amide bonds. The highest BCUT2D eigenvalue weighted by Gasteiger charge is 2.06. The van der Waals surface area contributed by atoms with E-state index in [0.29, 0.717) is 16.9 Å². The minimum Gasteiger partial charge on any atom is -0.481 e. The molecule has 0 aliphatic carbocycles. The van der Waals surface area contributed by atoms with Crippen LogP contribution in [-0.4, -0.2) is 26.9 Å². The molecular formula is C12H10N4O2. The van der Waals surface area contributed by atoms with Crippen molar-refractivity contribution in [1.29, 1.82) is 0 Å². The number of H-pyrrole nitrogens is 1. The number of methoxy groups -OCH3 is 1. The average molecular weight is 242 g/mol. The monoisotopic (exact) mass is 242 g/mol. The van der Waals surface area contributed by atoms with E-state index in [1.54, 1.807) is 42.5 Å². The van der Waals surface area contributed by atoms with Crippen molar-refractivity contribution in [1.82, 2.24) is 19.7 Å². The summed E-state index contributed by atoms with van der Waals surface area (Å²) >= 11 is 0. The van der Waals surface area contributed by atoms with Crippen LogP contribution in [0, 0.1) is 0 Å². The van der Waals surface area contributed by atoms with Gasteiger partial charge in [0.2, 0.25) is 11.3 Å². The molecule has 18 heavy (non-hydrogen) atoms. The lowest BCUT2D eigenvalue weighted by molar-refractivity contribution is 0.397. The Morgan fingerprint density at radius 1 is 1.39 bits per heavy atom. The summed E-state index contributed by atoms with van der Waals surface area (Å²) in [4.78, 5) is 18.6. The maximum atomic E-state index is 11.6. The third-order valence-corrected chi connectivity index (χ3v) is 2.61. The minimum atomic E-state index is -0.108. The topological polar surface area (TPSA) is 72.8 Å². The van der Waals surface area contributed by atoms with Crippen molar-refractivity contribution < 1.29 is 4.74 Å². The van der Waals surface area contributed by atoms with Crippen LogP contribution in [0.4, 0.5) is 0 Å². The van der Waals surface area contributed by atoms with Gasteiger partial charge in [0.15, 0.2) is 5.52 Å². The van der Waals surface area contributed by atoms with E-state index in [2.05, 4.69) is 15.1 Å². The van der Waals surface area contributed by atoms with E-state index < -0.39 is 0 Å². The molecule has 3 aromatic heterocycles. The number of nitrogens with one attached hydrogen (secondary N) is 1. The van der Waals surface area contributed by atoms with E-state index in [4.69, 9.17) is 4.74 Å². The third-order valence-electron chi connectivity index (χ3n) is 2.61. The van der Waals surface area contributed by atoms with E-state index in [9.17, 15) is 4.79 Å². The summed E-state index contributed by atoms with van der Waals surface area (Å²) in [6.07, 6.45) is 4.98. The molecule has 0 bridgehead atoms. The average Bonchev–Trinajstić information content (AvgIpc) is 2.84. The zero-order valence-electron chi connectivity index (χ0n) is 9.62. The Kier molecular flexibility index (Phi) is 2.33. The molecule has 0 spiro atoms. The van der Waals surface area contributed by atoms with Gasteiger partial charge < -0.3 is 9.72 Å². The lowest BCUT2D eigenvalue weighted by atomic mass is 10.4. The smallest absolute Gasteiger partial charge is 0.215 e. The van der Waals surface area contributed by atoms with Crippen LogP contribution in [-0.2, 0) is 0 Å². The Hall–Kier alpha value is -2.63. The van der Waals surface area contributed by atoms with Crippen LogP contribution in [0.5, 0.6) is 5.88 Å². The highest BCUT2D eigenvalue weighted by atomic mass is 16.5. The first-order valence-electron chi connectivity index (χ1n) is 5.35. The third kappa shape index (κ3) is 1.64. The largest absolute Gasteiger partial charge is 0.481 e. The number of hydrogen-bond acceptors (Lipinski definition) is 4. The second-order valence-electron chi connectivity index (χ2n) is 3.73. The molecule has 0 aromatic carbocycles. The summed E-state index contributed by atoms with van der Waals surface area (Å²) in [5.74, 6) is 0.499. The van der Waals surface area contributed by atoms with Crippen LogP contribution in [0.25, 0.3) is 16.7 Å². The molecule has 0 radical (unpaired) electrons. The van der Waals surface area contributed by atoms with E-state index in [1.807, 2.05) is 0 Å². The molecule has 0 saturated heterocycles. The predicted molar refractivity (Wildman–Crippen MR) is 66.0 cm³/mol. The van der Waals surface area contributed by atoms with E-state index in [0.717, 1.165) is 5.69 Å². The molecule has 0 aliphatic rings. The lowest BCUT2D eigenvalue weighted by Gasteiger charge is -2.02. The number of nitrogens with zero attached hydrogens (tertiary/aromatic N) is 3. The van der Waals surface area contributed by atoms with Gasteiger partial charge >= 0.3 is 0 Å². The first-order valence-corrected chi connectivity index (χ1v) is 5.35. The molecule has 0 saturated carbocycles. The molecule has 3 aromatic rings. The number of aromatic nitrogens is 4. The van der Waals surface area contributed by atoms with Crippen molar-refractivity contribution in [3.05, 3.63) is 47.0 Å². The molecular weight excluding hydrogens is 232 g/mol. The molecule has 0 aliphatic heterocycles. The van der Waals surface area contributed by atoms with Gasteiger partial charge in [-0.3, -0.25) is 4.79 Å². The van der Waals surface area contributed by atoms with Gasteiger partial charge in [-0.05, 0) is 6.07 Å². The van der Waals surface area contributed by atoms with Crippen molar-refractivity contribution in [2.24, 2.45) is 0 Å². The molecule has 0 fully saturated rings. The molecule has 90 valence electrons. The summed E-state index contributed by atoms with van der Waals surface area (Å²) in [6, 6.07) is 4.99. The summed E-state index contributed by atoms with van der Waals surface area (Å²) in [5.41, 5.74) is 1.78. The summed E-state index contributed by atoms with van der Waals surface area (Å²) in [5, 5.41) is 4.25. The van der Waals surface area contributed by atoms with Crippen molar-refractivity contribution in [3.63, 3.8) is 0 Å². The Balaban J connectivity index is 2.19. The van der Waals surface area contributed by atoms with Crippen LogP contribution < -0.4 is 10.2 Å². The first-order chi connectivity index (χ1) is 8.78. The highest BCUT2D eigenvalue weighted by Crippen LogP contribution is 2.14. The van der Waals surface area contributed by atoms with Crippen LogP contribution in [0.3, 0.4) is 0 Å². The fraction of sp³-hybridized carbons (Fsp3) is 0.0833. The van der Waals surface area contributed by atoms with Gasteiger partial charge in [-0.15, -0.1) is 0 Å². The SMILES string of the molecule is COc1cc(-n2cc3[nH]ccc(=O)c3n2)ccn1. The van der Waals surface area contributed by atoms with Crippen molar-refractivity contribution in [2.75, 3.05) is 7.11 Å². The number of pyridine rings is 2. The van der Waals surface area contributed by atoms with Crippen molar-refractivity contribution in [2.45, 2.75) is 0 Å². The summed E-state index contributed by atoms with van der Waals surface area (Å²) < 4.78 is 6.67. The number of ether oxygens (including phenoxy) is 1. The van der Waals surface area contributed by atoms with Crippen LogP contribution >= 0.6 is 0 Å². The maximum Gasteiger partial charge on any atom is 0.215 e. The van der Waals surface area contributed by atoms with Crippen molar-refractivity contribution in [3.8, 4) is 11.6 Å². The Bertz CT molecular complexity index is 760. The fourth-order valence-electron chi connectivity index (χ4n) is 1.73. The quantitative estimate of drug-likeness (QED) is 0.730. The molecule has 3 heterocycles. The zero-order chi connectivity index (χ0) is 12.5. The zero-order valence-corrected chi connectivity index (χ0v) is 9.62.